The highest BCUT2D eigenvalue weighted by atomic mass is 32.2. The molecule has 0 bridgehead atoms. The molecule has 0 saturated carbocycles. The minimum atomic E-state index is -3.27. The van der Waals surface area contributed by atoms with E-state index in [9.17, 15) is 13.2 Å². The van der Waals surface area contributed by atoms with Crippen molar-refractivity contribution < 1.29 is 18.3 Å². The highest BCUT2D eigenvalue weighted by Crippen LogP contribution is 2.18. The fourth-order valence-electron chi connectivity index (χ4n) is 1.61. The Hall–Kier alpha value is -1.37. The SMILES string of the molecule is CC(C)n1c(CS(=O)(=O)C(C)C)cnc1C(=O)O. The zero-order valence-corrected chi connectivity index (χ0v) is 11.7. The molecule has 0 spiro atoms. The van der Waals surface area contributed by atoms with E-state index in [0.29, 0.717) is 5.69 Å². The predicted molar refractivity (Wildman–Crippen MR) is 67.3 cm³/mol. The summed E-state index contributed by atoms with van der Waals surface area (Å²) in [6.45, 7) is 6.78. The lowest BCUT2D eigenvalue weighted by molar-refractivity contribution is 0.0676. The van der Waals surface area contributed by atoms with Gasteiger partial charge >= 0.3 is 5.97 Å². The summed E-state index contributed by atoms with van der Waals surface area (Å²) in [5, 5.41) is 8.50. The molecule has 18 heavy (non-hydrogen) atoms. The maximum absolute atomic E-state index is 11.9. The van der Waals surface area contributed by atoms with Gasteiger partial charge in [0.2, 0.25) is 5.82 Å². The Balaban J connectivity index is 3.23. The first-order valence-electron chi connectivity index (χ1n) is 5.67. The smallest absolute Gasteiger partial charge is 0.372 e. The Bertz CT molecular complexity index is 543. The van der Waals surface area contributed by atoms with E-state index in [1.165, 1.54) is 10.8 Å². The first kappa shape index (κ1) is 14.7. The summed E-state index contributed by atoms with van der Waals surface area (Å²) in [6.07, 6.45) is 1.32. The quantitative estimate of drug-likeness (QED) is 0.878. The van der Waals surface area contributed by atoms with Crippen LogP contribution < -0.4 is 0 Å². The van der Waals surface area contributed by atoms with E-state index >= 15 is 0 Å². The van der Waals surface area contributed by atoms with Crippen LogP contribution in [-0.4, -0.2) is 34.3 Å². The van der Waals surface area contributed by atoms with E-state index in [4.69, 9.17) is 5.11 Å². The van der Waals surface area contributed by atoms with Gasteiger partial charge in [-0.25, -0.2) is 18.2 Å². The number of hydrogen-bond donors (Lipinski definition) is 1. The zero-order valence-electron chi connectivity index (χ0n) is 10.9. The van der Waals surface area contributed by atoms with E-state index in [1.54, 1.807) is 27.7 Å². The van der Waals surface area contributed by atoms with Crippen molar-refractivity contribution in [3.63, 3.8) is 0 Å². The lowest BCUT2D eigenvalue weighted by atomic mass is 10.3. The summed E-state index contributed by atoms with van der Waals surface area (Å²) in [6, 6.07) is -0.157. The topological polar surface area (TPSA) is 89.3 Å². The molecule has 0 fully saturated rings. The van der Waals surface area contributed by atoms with E-state index in [0.717, 1.165) is 0 Å². The fraction of sp³-hybridized carbons (Fsp3) is 0.636. The number of rotatable bonds is 5. The number of carbonyl (C=O) groups is 1. The third kappa shape index (κ3) is 2.90. The molecule has 1 aromatic heterocycles. The van der Waals surface area contributed by atoms with Gasteiger partial charge in [-0.05, 0) is 27.7 Å². The van der Waals surface area contributed by atoms with Gasteiger partial charge in [0.25, 0.3) is 0 Å². The second kappa shape index (κ2) is 5.09. The molecule has 7 heteroatoms. The molecule has 0 aliphatic rings. The minimum Gasteiger partial charge on any atom is -0.475 e. The Labute approximate surface area is 107 Å². The number of aromatic carboxylic acids is 1. The Morgan fingerprint density at radius 2 is 1.94 bits per heavy atom. The van der Waals surface area contributed by atoms with E-state index in [-0.39, 0.29) is 17.6 Å². The van der Waals surface area contributed by atoms with Crippen LogP contribution in [0.1, 0.15) is 50.0 Å². The summed E-state index contributed by atoms with van der Waals surface area (Å²) in [5.41, 5.74) is 0.413. The molecule has 0 radical (unpaired) electrons. The van der Waals surface area contributed by atoms with Gasteiger partial charge in [-0.15, -0.1) is 0 Å². The second-order valence-electron chi connectivity index (χ2n) is 4.70. The van der Waals surface area contributed by atoms with Crippen molar-refractivity contribution in [1.82, 2.24) is 9.55 Å². The average molecular weight is 274 g/mol. The number of carboxylic acids is 1. The zero-order chi connectivity index (χ0) is 14.1. The van der Waals surface area contributed by atoms with Gasteiger partial charge in [0, 0.05) is 6.04 Å². The van der Waals surface area contributed by atoms with Gasteiger partial charge in [0.1, 0.15) is 0 Å². The number of imidazole rings is 1. The van der Waals surface area contributed by atoms with Crippen molar-refractivity contribution in [2.75, 3.05) is 0 Å². The molecule has 0 aliphatic carbocycles. The molecule has 0 amide bonds. The highest BCUT2D eigenvalue weighted by Gasteiger charge is 2.24. The van der Waals surface area contributed by atoms with Crippen LogP contribution >= 0.6 is 0 Å². The lowest BCUT2D eigenvalue weighted by Crippen LogP contribution is -2.20. The normalized spacial score (nSPS) is 12.3. The van der Waals surface area contributed by atoms with Crippen LogP contribution in [0.2, 0.25) is 0 Å². The maximum Gasteiger partial charge on any atom is 0.372 e. The van der Waals surface area contributed by atoms with E-state index in [1.807, 2.05) is 0 Å². The molecule has 1 aromatic rings. The first-order valence-corrected chi connectivity index (χ1v) is 7.39. The predicted octanol–water partition coefficient (Wildman–Crippen LogP) is 1.49. The van der Waals surface area contributed by atoms with Gasteiger partial charge in [-0.2, -0.15) is 0 Å². The molecule has 0 aliphatic heterocycles. The molecule has 0 unspecified atom stereocenters. The summed E-state index contributed by atoms with van der Waals surface area (Å²) in [5.74, 6) is -1.47. The molecule has 6 nitrogen and oxygen atoms in total. The van der Waals surface area contributed by atoms with Crippen molar-refractivity contribution in [2.24, 2.45) is 0 Å². The summed E-state index contributed by atoms with van der Waals surface area (Å²) < 4.78 is 25.2. The molecule has 0 aromatic carbocycles. The number of nitrogens with zero attached hydrogens (tertiary/aromatic N) is 2. The summed E-state index contributed by atoms with van der Waals surface area (Å²) >= 11 is 0. The molecule has 102 valence electrons. The summed E-state index contributed by atoms with van der Waals surface area (Å²) in [7, 11) is -3.27. The highest BCUT2D eigenvalue weighted by molar-refractivity contribution is 7.91. The van der Waals surface area contributed by atoms with Gasteiger partial charge < -0.3 is 9.67 Å². The van der Waals surface area contributed by atoms with Crippen molar-refractivity contribution in [2.45, 2.75) is 44.7 Å². The Morgan fingerprint density at radius 3 is 2.33 bits per heavy atom. The standard InChI is InChI=1S/C11H18N2O4S/c1-7(2)13-9(5-12-10(13)11(14)15)6-18(16,17)8(3)4/h5,7-8H,6H2,1-4H3,(H,14,15). The van der Waals surface area contributed by atoms with Crippen LogP contribution in [0.5, 0.6) is 0 Å². The van der Waals surface area contributed by atoms with Crippen LogP contribution in [0.15, 0.2) is 6.20 Å². The molecular formula is C11H18N2O4S. The van der Waals surface area contributed by atoms with Crippen LogP contribution in [0.4, 0.5) is 0 Å². The number of sulfone groups is 1. The largest absolute Gasteiger partial charge is 0.475 e. The van der Waals surface area contributed by atoms with Crippen molar-refractivity contribution in [3.05, 3.63) is 17.7 Å². The molecule has 0 saturated heterocycles. The number of hydrogen-bond acceptors (Lipinski definition) is 4. The van der Waals surface area contributed by atoms with Gasteiger partial charge in [-0.3, -0.25) is 0 Å². The minimum absolute atomic E-state index is 0.126. The first-order chi connectivity index (χ1) is 8.16. The Kier molecular flexibility index (Phi) is 4.16. The monoisotopic (exact) mass is 274 g/mol. The Morgan fingerprint density at radius 1 is 1.39 bits per heavy atom. The van der Waals surface area contributed by atoms with Crippen LogP contribution in [0, 0.1) is 0 Å². The van der Waals surface area contributed by atoms with Gasteiger partial charge in [-0.1, -0.05) is 0 Å². The third-order valence-corrected chi connectivity index (χ3v) is 4.78. The molecule has 1 heterocycles. The van der Waals surface area contributed by atoms with Gasteiger partial charge in [0.15, 0.2) is 9.84 Å². The molecular weight excluding hydrogens is 256 g/mol. The number of carboxylic acid groups (broad SMARTS) is 1. The molecule has 1 rings (SSSR count). The molecule has 0 atom stereocenters. The van der Waals surface area contributed by atoms with Crippen molar-refractivity contribution >= 4 is 15.8 Å². The van der Waals surface area contributed by atoms with Crippen LogP contribution in [0.3, 0.4) is 0 Å². The van der Waals surface area contributed by atoms with Crippen molar-refractivity contribution in [1.29, 1.82) is 0 Å². The molecule has 1 N–H and O–H groups in total. The van der Waals surface area contributed by atoms with Crippen molar-refractivity contribution in [3.8, 4) is 0 Å². The number of aromatic nitrogens is 2. The van der Waals surface area contributed by atoms with E-state index in [2.05, 4.69) is 4.98 Å². The van der Waals surface area contributed by atoms with E-state index < -0.39 is 21.1 Å². The van der Waals surface area contributed by atoms with Crippen LogP contribution in [-0.2, 0) is 15.6 Å². The third-order valence-electron chi connectivity index (χ3n) is 2.65. The van der Waals surface area contributed by atoms with Gasteiger partial charge in [0.05, 0.1) is 22.9 Å². The lowest BCUT2D eigenvalue weighted by Gasteiger charge is -2.15. The van der Waals surface area contributed by atoms with Crippen LogP contribution in [0.25, 0.3) is 0 Å². The fourth-order valence-corrected chi connectivity index (χ4v) is 2.57. The average Bonchev–Trinajstić information content (AvgIpc) is 2.60. The maximum atomic E-state index is 11.9. The summed E-state index contributed by atoms with van der Waals surface area (Å²) in [4.78, 5) is 14.8. The second-order valence-corrected chi connectivity index (χ2v) is 7.26.